The van der Waals surface area contributed by atoms with Crippen LogP contribution in [-0.4, -0.2) is 23.0 Å². The Morgan fingerprint density at radius 1 is 1.43 bits per heavy atom. The summed E-state index contributed by atoms with van der Waals surface area (Å²) in [4.78, 5) is 25.0. The average molecular weight is 309 g/mol. The molecule has 2 rings (SSSR count). The molecule has 1 fully saturated rings. The molecule has 116 valence electrons. The van der Waals surface area contributed by atoms with Gasteiger partial charge in [-0.05, 0) is 37.1 Å². The van der Waals surface area contributed by atoms with Crippen LogP contribution in [-0.2, 0) is 16.0 Å². The fourth-order valence-electron chi connectivity index (χ4n) is 3.17. The minimum Gasteiger partial charge on any atom is -0.481 e. The van der Waals surface area contributed by atoms with Gasteiger partial charge in [0.25, 0.3) is 0 Å². The van der Waals surface area contributed by atoms with Crippen molar-refractivity contribution in [2.75, 3.05) is 0 Å². The van der Waals surface area contributed by atoms with Gasteiger partial charge in [-0.25, -0.2) is 0 Å². The van der Waals surface area contributed by atoms with Gasteiger partial charge in [0.2, 0.25) is 5.91 Å². The van der Waals surface area contributed by atoms with Crippen LogP contribution >= 0.6 is 11.3 Å². The topological polar surface area (TPSA) is 66.4 Å². The maximum atomic E-state index is 12.4. The number of carboxylic acids is 1. The Kier molecular flexibility index (Phi) is 5.39. The highest BCUT2D eigenvalue weighted by molar-refractivity contribution is 7.09. The van der Waals surface area contributed by atoms with Crippen LogP contribution in [0.25, 0.3) is 0 Å². The van der Waals surface area contributed by atoms with Crippen molar-refractivity contribution < 1.29 is 14.7 Å². The summed E-state index contributed by atoms with van der Waals surface area (Å²) in [6, 6.07) is 4.08. The number of carboxylic acid groups (broad SMARTS) is 1. The van der Waals surface area contributed by atoms with Crippen LogP contribution < -0.4 is 5.32 Å². The molecule has 0 spiro atoms. The van der Waals surface area contributed by atoms with Crippen molar-refractivity contribution in [3.05, 3.63) is 22.4 Å². The maximum Gasteiger partial charge on any atom is 0.307 e. The van der Waals surface area contributed by atoms with Crippen molar-refractivity contribution in [3.8, 4) is 0 Å². The van der Waals surface area contributed by atoms with Gasteiger partial charge in [-0.2, -0.15) is 0 Å². The molecule has 4 atom stereocenters. The normalized spacial score (nSPS) is 26.5. The third kappa shape index (κ3) is 4.06. The highest BCUT2D eigenvalue weighted by Crippen LogP contribution is 2.38. The van der Waals surface area contributed by atoms with Gasteiger partial charge in [0, 0.05) is 17.3 Å². The summed E-state index contributed by atoms with van der Waals surface area (Å²) >= 11 is 1.67. The van der Waals surface area contributed by atoms with Crippen molar-refractivity contribution in [2.45, 2.75) is 45.6 Å². The third-order valence-corrected chi connectivity index (χ3v) is 5.27. The predicted molar refractivity (Wildman–Crippen MR) is 83.3 cm³/mol. The molecule has 1 heterocycles. The van der Waals surface area contributed by atoms with Gasteiger partial charge in [0.1, 0.15) is 0 Å². The van der Waals surface area contributed by atoms with Crippen molar-refractivity contribution in [1.29, 1.82) is 0 Å². The van der Waals surface area contributed by atoms with E-state index in [9.17, 15) is 14.7 Å². The molecule has 1 aromatic heterocycles. The Bertz CT molecular complexity index is 486. The number of thiophene rings is 1. The summed E-state index contributed by atoms with van der Waals surface area (Å²) in [5.41, 5.74) is 0. The van der Waals surface area contributed by atoms with E-state index in [4.69, 9.17) is 0 Å². The Morgan fingerprint density at radius 2 is 2.14 bits per heavy atom. The second kappa shape index (κ2) is 7.07. The minimum absolute atomic E-state index is 0.0336. The number of nitrogens with one attached hydrogen (secondary N) is 1. The fraction of sp³-hybridized carbons (Fsp3) is 0.625. The lowest BCUT2D eigenvalue weighted by Gasteiger charge is -2.19. The van der Waals surface area contributed by atoms with E-state index in [1.54, 1.807) is 11.3 Å². The summed E-state index contributed by atoms with van der Waals surface area (Å²) in [5.74, 6) is -1.48. The first-order chi connectivity index (χ1) is 10.0. The molecule has 0 bridgehead atoms. The van der Waals surface area contributed by atoms with E-state index < -0.39 is 11.9 Å². The maximum absolute atomic E-state index is 12.4. The van der Waals surface area contributed by atoms with Gasteiger partial charge in [-0.3, -0.25) is 9.59 Å². The number of carbonyl (C=O) groups is 2. The van der Waals surface area contributed by atoms with Gasteiger partial charge in [0.05, 0.1) is 11.8 Å². The number of rotatable bonds is 6. The molecule has 1 aromatic rings. The summed E-state index contributed by atoms with van der Waals surface area (Å²) in [6.07, 6.45) is 3.07. The zero-order valence-electron chi connectivity index (χ0n) is 12.5. The molecule has 0 aromatic carbocycles. The molecule has 1 amide bonds. The van der Waals surface area contributed by atoms with Crippen LogP contribution in [0.5, 0.6) is 0 Å². The summed E-state index contributed by atoms with van der Waals surface area (Å²) in [6.45, 7) is 4.03. The van der Waals surface area contributed by atoms with Crippen molar-refractivity contribution in [1.82, 2.24) is 5.32 Å². The lowest BCUT2D eigenvalue weighted by atomic mass is 9.95. The van der Waals surface area contributed by atoms with Crippen LogP contribution in [0.15, 0.2) is 17.5 Å². The monoisotopic (exact) mass is 309 g/mol. The molecule has 0 radical (unpaired) electrons. The lowest BCUT2D eigenvalue weighted by Crippen LogP contribution is -2.40. The third-order valence-electron chi connectivity index (χ3n) is 4.37. The molecule has 0 aliphatic heterocycles. The van der Waals surface area contributed by atoms with E-state index in [1.165, 1.54) is 4.88 Å². The first-order valence-electron chi connectivity index (χ1n) is 7.56. The smallest absolute Gasteiger partial charge is 0.307 e. The number of carbonyl (C=O) groups excluding carboxylic acids is 1. The minimum atomic E-state index is -0.836. The molecule has 5 heteroatoms. The zero-order chi connectivity index (χ0) is 15.4. The van der Waals surface area contributed by atoms with Gasteiger partial charge in [-0.1, -0.05) is 19.4 Å². The quantitative estimate of drug-likeness (QED) is 0.849. The predicted octanol–water partition coefficient (Wildman–Crippen LogP) is 2.93. The van der Waals surface area contributed by atoms with E-state index in [-0.39, 0.29) is 17.9 Å². The zero-order valence-corrected chi connectivity index (χ0v) is 13.4. The van der Waals surface area contributed by atoms with Crippen LogP contribution in [0.2, 0.25) is 0 Å². The first-order valence-corrected chi connectivity index (χ1v) is 8.44. The highest BCUT2D eigenvalue weighted by atomic mass is 32.1. The summed E-state index contributed by atoms with van der Waals surface area (Å²) in [7, 11) is 0. The Morgan fingerprint density at radius 3 is 2.71 bits per heavy atom. The number of aliphatic carboxylic acids is 1. The van der Waals surface area contributed by atoms with Gasteiger partial charge in [-0.15, -0.1) is 11.3 Å². The fourth-order valence-corrected chi connectivity index (χ4v) is 4.01. The molecule has 1 aliphatic rings. The van der Waals surface area contributed by atoms with Crippen molar-refractivity contribution in [2.24, 2.45) is 17.8 Å². The van der Waals surface area contributed by atoms with Crippen LogP contribution in [0, 0.1) is 17.8 Å². The number of hydrogen-bond donors (Lipinski definition) is 2. The molecule has 21 heavy (non-hydrogen) atoms. The molecule has 1 aliphatic carbocycles. The molecular formula is C16H23NO3S. The molecule has 2 N–H and O–H groups in total. The largest absolute Gasteiger partial charge is 0.481 e. The number of amides is 1. The van der Waals surface area contributed by atoms with Gasteiger partial charge >= 0.3 is 5.97 Å². The second-order valence-corrected chi connectivity index (χ2v) is 7.02. The van der Waals surface area contributed by atoms with E-state index in [1.807, 2.05) is 18.4 Å². The van der Waals surface area contributed by atoms with Crippen molar-refractivity contribution >= 4 is 23.2 Å². The SMILES string of the molecule is CCC1C[C@H](C(=O)NC(C)Cc2cccs2)[C@H](C(=O)O)C1. The number of hydrogen-bond acceptors (Lipinski definition) is 3. The lowest BCUT2D eigenvalue weighted by molar-refractivity contribution is -0.146. The van der Waals surface area contributed by atoms with Crippen LogP contribution in [0.1, 0.15) is 38.0 Å². The Balaban J connectivity index is 1.93. The van der Waals surface area contributed by atoms with E-state index in [0.29, 0.717) is 18.8 Å². The van der Waals surface area contributed by atoms with Crippen molar-refractivity contribution in [3.63, 3.8) is 0 Å². The van der Waals surface area contributed by atoms with Gasteiger partial charge in [0.15, 0.2) is 0 Å². The van der Waals surface area contributed by atoms with E-state index in [2.05, 4.69) is 18.3 Å². The molecule has 4 nitrogen and oxygen atoms in total. The van der Waals surface area contributed by atoms with E-state index >= 15 is 0 Å². The summed E-state index contributed by atoms with van der Waals surface area (Å²) < 4.78 is 0. The van der Waals surface area contributed by atoms with Crippen LogP contribution in [0.3, 0.4) is 0 Å². The van der Waals surface area contributed by atoms with Crippen LogP contribution in [0.4, 0.5) is 0 Å². The molecular weight excluding hydrogens is 286 g/mol. The average Bonchev–Trinajstić information content (AvgIpc) is 3.06. The molecule has 0 saturated heterocycles. The Hall–Kier alpha value is -1.36. The Labute approximate surface area is 129 Å². The van der Waals surface area contributed by atoms with E-state index in [0.717, 1.165) is 12.8 Å². The summed E-state index contributed by atoms with van der Waals surface area (Å²) in [5, 5.41) is 14.3. The highest BCUT2D eigenvalue weighted by Gasteiger charge is 2.42. The second-order valence-electron chi connectivity index (χ2n) is 5.99. The molecule has 2 unspecified atom stereocenters. The van der Waals surface area contributed by atoms with Gasteiger partial charge < -0.3 is 10.4 Å². The molecule has 1 saturated carbocycles. The standard InChI is InChI=1S/C16H23NO3S/c1-3-11-8-13(14(9-11)16(19)20)15(18)17-10(2)7-12-5-4-6-21-12/h4-6,10-11,13-14H,3,7-9H2,1-2H3,(H,17,18)(H,19,20)/t10?,11?,13-,14+/m0/s1. The first kappa shape index (κ1) is 16.0.